The second-order valence-corrected chi connectivity index (χ2v) is 7.64. The molecular weight excluding hydrogens is 380 g/mol. The summed E-state index contributed by atoms with van der Waals surface area (Å²) in [5.41, 5.74) is 8.33. The minimum absolute atomic E-state index is 0.195. The molecule has 2 N–H and O–H groups in total. The highest BCUT2D eigenvalue weighted by Crippen LogP contribution is 2.24. The molecule has 160 valence electrons. The summed E-state index contributed by atoms with van der Waals surface area (Å²) in [4.78, 5) is 27.0. The van der Waals surface area contributed by atoms with Crippen molar-refractivity contribution in [3.63, 3.8) is 0 Å². The number of nitrogens with two attached hydrogens (primary N) is 1. The van der Waals surface area contributed by atoms with Crippen molar-refractivity contribution in [1.82, 2.24) is 4.90 Å². The summed E-state index contributed by atoms with van der Waals surface area (Å²) in [6, 6.07) is 19.1. The lowest BCUT2D eigenvalue weighted by atomic mass is 9.97. The fourth-order valence-electron chi connectivity index (χ4n) is 3.68. The predicted octanol–water partition coefficient (Wildman–Crippen LogP) is 3.88. The summed E-state index contributed by atoms with van der Waals surface area (Å²) in [5.74, 6) is -0.912. The number of ether oxygens (including phenoxy) is 2. The summed E-state index contributed by atoms with van der Waals surface area (Å²) in [5, 5.41) is 0. The van der Waals surface area contributed by atoms with Gasteiger partial charge in [0.15, 0.2) is 0 Å². The SMILES string of the molecule is CCCCC(C(=O)N1C(=O)OCC1Cc1ccccc1)C(N)OCc1ccccc1. The summed E-state index contributed by atoms with van der Waals surface area (Å²) in [6.45, 7) is 2.57. The lowest BCUT2D eigenvalue weighted by Gasteiger charge is -2.28. The van der Waals surface area contributed by atoms with E-state index in [-0.39, 0.29) is 18.6 Å². The van der Waals surface area contributed by atoms with Crippen molar-refractivity contribution in [2.24, 2.45) is 11.7 Å². The third kappa shape index (κ3) is 5.68. The topological polar surface area (TPSA) is 81.9 Å². The fourth-order valence-corrected chi connectivity index (χ4v) is 3.68. The van der Waals surface area contributed by atoms with E-state index in [9.17, 15) is 9.59 Å². The van der Waals surface area contributed by atoms with Crippen LogP contribution in [-0.4, -0.2) is 35.8 Å². The first-order valence-corrected chi connectivity index (χ1v) is 10.5. The number of imide groups is 1. The van der Waals surface area contributed by atoms with Crippen LogP contribution in [0.3, 0.4) is 0 Å². The zero-order chi connectivity index (χ0) is 21.3. The molecule has 0 aromatic heterocycles. The van der Waals surface area contributed by atoms with Gasteiger partial charge in [0.25, 0.3) is 0 Å². The number of hydrogen-bond acceptors (Lipinski definition) is 5. The highest BCUT2D eigenvalue weighted by molar-refractivity contribution is 5.95. The maximum Gasteiger partial charge on any atom is 0.416 e. The third-order valence-corrected chi connectivity index (χ3v) is 5.38. The Morgan fingerprint density at radius 2 is 1.77 bits per heavy atom. The standard InChI is InChI=1S/C24H30N2O4/c1-2-3-14-21(22(25)29-16-19-12-8-5-9-13-19)23(27)26-20(17-30-24(26)28)15-18-10-6-4-7-11-18/h4-13,20-22H,2-3,14-17,25H2,1H3. The smallest absolute Gasteiger partial charge is 0.416 e. The largest absolute Gasteiger partial charge is 0.447 e. The summed E-state index contributed by atoms with van der Waals surface area (Å²) in [6.07, 6.45) is 1.47. The first-order valence-electron chi connectivity index (χ1n) is 10.5. The number of rotatable bonds is 10. The highest BCUT2D eigenvalue weighted by Gasteiger charge is 2.42. The van der Waals surface area contributed by atoms with Gasteiger partial charge in [-0.2, -0.15) is 0 Å². The minimum atomic E-state index is -0.796. The first-order chi connectivity index (χ1) is 14.6. The van der Waals surface area contributed by atoms with Gasteiger partial charge in [0.2, 0.25) is 5.91 Å². The number of amides is 2. The van der Waals surface area contributed by atoms with Gasteiger partial charge in [-0.3, -0.25) is 4.79 Å². The van der Waals surface area contributed by atoms with Crippen LogP contribution in [0, 0.1) is 5.92 Å². The maximum absolute atomic E-state index is 13.4. The summed E-state index contributed by atoms with van der Waals surface area (Å²) in [7, 11) is 0. The molecule has 6 nitrogen and oxygen atoms in total. The molecule has 3 rings (SSSR count). The fraction of sp³-hybridized carbons (Fsp3) is 0.417. The Hall–Kier alpha value is -2.70. The number of carbonyl (C=O) groups is 2. The maximum atomic E-state index is 13.4. The number of carbonyl (C=O) groups excluding carboxylic acids is 2. The van der Waals surface area contributed by atoms with Crippen molar-refractivity contribution in [2.75, 3.05) is 6.61 Å². The van der Waals surface area contributed by atoms with E-state index >= 15 is 0 Å². The molecule has 2 amide bonds. The lowest BCUT2D eigenvalue weighted by molar-refractivity contribution is -0.139. The number of cyclic esters (lactones) is 1. The average Bonchev–Trinajstić information content (AvgIpc) is 3.13. The Bertz CT molecular complexity index is 812. The van der Waals surface area contributed by atoms with Crippen LogP contribution in [0.15, 0.2) is 60.7 Å². The van der Waals surface area contributed by atoms with Crippen LogP contribution < -0.4 is 5.73 Å². The van der Waals surface area contributed by atoms with E-state index in [0.29, 0.717) is 19.4 Å². The molecule has 0 spiro atoms. The van der Waals surface area contributed by atoms with Crippen molar-refractivity contribution >= 4 is 12.0 Å². The molecule has 3 atom stereocenters. The molecule has 1 fully saturated rings. The van der Waals surface area contributed by atoms with Crippen LogP contribution in [-0.2, 0) is 27.3 Å². The minimum Gasteiger partial charge on any atom is -0.447 e. The molecule has 1 aliphatic rings. The van der Waals surface area contributed by atoms with Crippen LogP contribution in [0.5, 0.6) is 0 Å². The highest BCUT2D eigenvalue weighted by atomic mass is 16.6. The van der Waals surface area contributed by atoms with Crippen molar-refractivity contribution in [3.05, 3.63) is 71.8 Å². The van der Waals surface area contributed by atoms with Crippen LogP contribution in [0.4, 0.5) is 4.79 Å². The van der Waals surface area contributed by atoms with E-state index in [2.05, 4.69) is 6.92 Å². The van der Waals surface area contributed by atoms with E-state index < -0.39 is 18.2 Å². The zero-order valence-electron chi connectivity index (χ0n) is 17.4. The molecule has 1 aliphatic heterocycles. The lowest BCUT2D eigenvalue weighted by Crippen LogP contribution is -2.49. The molecule has 30 heavy (non-hydrogen) atoms. The van der Waals surface area contributed by atoms with Crippen LogP contribution in [0.1, 0.15) is 37.3 Å². The molecule has 0 saturated carbocycles. The van der Waals surface area contributed by atoms with Gasteiger partial charge in [0.1, 0.15) is 12.8 Å². The number of unbranched alkanes of at least 4 members (excludes halogenated alkanes) is 1. The molecule has 3 unspecified atom stereocenters. The van der Waals surface area contributed by atoms with Crippen molar-refractivity contribution in [1.29, 1.82) is 0 Å². The monoisotopic (exact) mass is 410 g/mol. The normalized spacial score (nSPS) is 18.1. The second-order valence-electron chi connectivity index (χ2n) is 7.64. The van der Waals surface area contributed by atoms with Gasteiger partial charge in [-0.15, -0.1) is 0 Å². The number of hydrogen-bond donors (Lipinski definition) is 1. The average molecular weight is 411 g/mol. The predicted molar refractivity (Wildman–Crippen MR) is 114 cm³/mol. The quantitative estimate of drug-likeness (QED) is 0.601. The molecular formula is C24H30N2O4. The number of benzene rings is 2. The summed E-state index contributed by atoms with van der Waals surface area (Å²) < 4.78 is 11.1. The Morgan fingerprint density at radius 1 is 1.13 bits per heavy atom. The van der Waals surface area contributed by atoms with E-state index in [4.69, 9.17) is 15.2 Å². The molecule has 1 heterocycles. The Kier molecular flexibility index (Phi) is 7.99. The molecule has 0 bridgehead atoms. The molecule has 0 aliphatic carbocycles. The molecule has 1 saturated heterocycles. The Balaban J connectivity index is 1.70. The van der Waals surface area contributed by atoms with Crippen molar-refractivity contribution < 1.29 is 19.1 Å². The molecule has 0 radical (unpaired) electrons. The summed E-state index contributed by atoms with van der Waals surface area (Å²) >= 11 is 0. The number of nitrogens with zero attached hydrogens (tertiary/aromatic N) is 1. The van der Waals surface area contributed by atoms with Gasteiger partial charge in [-0.25, -0.2) is 9.69 Å². The van der Waals surface area contributed by atoms with Crippen molar-refractivity contribution in [2.45, 2.75) is 51.5 Å². The zero-order valence-corrected chi connectivity index (χ0v) is 17.4. The second kappa shape index (κ2) is 10.9. The first kappa shape index (κ1) is 22.0. The van der Waals surface area contributed by atoms with Gasteiger partial charge in [-0.1, -0.05) is 80.4 Å². The van der Waals surface area contributed by atoms with Gasteiger partial charge < -0.3 is 15.2 Å². The molecule has 6 heteroatoms. The van der Waals surface area contributed by atoms with Crippen molar-refractivity contribution in [3.8, 4) is 0 Å². The Labute approximate surface area is 178 Å². The van der Waals surface area contributed by atoms with Gasteiger partial charge >= 0.3 is 6.09 Å². The van der Waals surface area contributed by atoms with E-state index in [1.807, 2.05) is 60.7 Å². The molecule has 2 aromatic rings. The van der Waals surface area contributed by atoms with Crippen LogP contribution >= 0.6 is 0 Å². The van der Waals surface area contributed by atoms with Gasteiger partial charge in [0, 0.05) is 0 Å². The third-order valence-electron chi connectivity index (χ3n) is 5.38. The van der Waals surface area contributed by atoms with E-state index in [0.717, 1.165) is 24.0 Å². The Morgan fingerprint density at radius 3 is 2.40 bits per heavy atom. The van der Waals surface area contributed by atoms with Crippen LogP contribution in [0.2, 0.25) is 0 Å². The van der Waals surface area contributed by atoms with Gasteiger partial charge in [-0.05, 0) is 24.0 Å². The van der Waals surface area contributed by atoms with Gasteiger partial charge in [0.05, 0.1) is 18.6 Å². The molecule has 2 aromatic carbocycles. The van der Waals surface area contributed by atoms with E-state index in [1.54, 1.807) is 0 Å². The van der Waals surface area contributed by atoms with E-state index in [1.165, 1.54) is 4.90 Å². The van der Waals surface area contributed by atoms with Crippen LogP contribution in [0.25, 0.3) is 0 Å².